The van der Waals surface area contributed by atoms with E-state index in [1.807, 2.05) is 0 Å². The molecule has 0 saturated heterocycles. The molecule has 0 heterocycles. The van der Waals surface area contributed by atoms with Crippen molar-refractivity contribution in [3.8, 4) is 0 Å². The minimum absolute atomic E-state index is 0.127. The Morgan fingerprint density at radius 2 is 0.812 bits per heavy atom. The van der Waals surface area contributed by atoms with E-state index in [4.69, 9.17) is 10.2 Å². The lowest BCUT2D eigenvalue weighted by Gasteiger charge is -2.20. The van der Waals surface area contributed by atoms with Crippen molar-refractivity contribution in [2.45, 2.75) is 70.1 Å². The summed E-state index contributed by atoms with van der Waals surface area (Å²) < 4.78 is 0. The van der Waals surface area contributed by atoms with Gasteiger partial charge in [-0.2, -0.15) is 0 Å². The van der Waals surface area contributed by atoms with E-state index < -0.39 is 30.5 Å². The van der Waals surface area contributed by atoms with Gasteiger partial charge in [0.05, 0.1) is 30.5 Å². The van der Waals surface area contributed by atoms with E-state index in [0.717, 1.165) is 0 Å². The highest BCUT2D eigenvalue weighted by Crippen LogP contribution is 2.12. The molecule has 0 aliphatic heterocycles. The second-order valence-electron chi connectivity index (χ2n) is 4.60. The van der Waals surface area contributed by atoms with E-state index in [2.05, 4.69) is 0 Å². The molecule has 0 amide bonds. The Balaban J connectivity index is 3.75. The molecule has 0 rings (SSSR count). The zero-order valence-electron chi connectivity index (χ0n) is 9.95. The number of rotatable bonds is 8. The maximum absolute atomic E-state index is 9.53. The maximum Gasteiger partial charge on any atom is 0.0589 e. The van der Waals surface area contributed by atoms with Crippen LogP contribution in [0.15, 0.2) is 0 Å². The molecule has 0 fully saturated rings. The highest BCUT2D eigenvalue weighted by molar-refractivity contribution is 4.70. The number of aliphatic hydroxyl groups is 5. The fraction of sp³-hybridized carbons (Fsp3) is 1.00. The second kappa shape index (κ2) is 7.97. The summed E-state index contributed by atoms with van der Waals surface area (Å²) in [5, 5.41) is 46.4. The third-order valence-corrected chi connectivity index (χ3v) is 2.31. The van der Waals surface area contributed by atoms with Crippen molar-refractivity contribution in [1.29, 1.82) is 0 Å². The van der Waals surface area contributed by atoms with Crippen LogP contribution in [-0.4, -0.2) is 56.1 Å². The largest absolute Gasteiger partial charge is 0.393 e. The maximum atomic E-state index is 9.53. The summed E-state index contributed by atoms with van der Waals surface area (Å²) in [5.74, 6) is 0. The Kier molecular flexibility index (Phi) is 7.87. The molecule has 0 aliphatic carbocycles. The fourth-order valence-electron chi connectivity index (χ4n) is 1.70. The Hall–Kier alpha value is -0.200. The lowest BCUT2D eigenvalue weighted by atomic mass is 10.00. The van der Waals surface area contributed by atoms with Crippen molar-refractivity contribution in [2.75, 3.05) is 0 Å². The molecule has 0 aromatic rings. The van der Waals surface area contributed by atoms with E-state index in [0.29, 0.717) is 0 Å². The predicted octanol–water partition coefficient (Wildman–Crippen LogP) is -0.609. The molecule has 0 aromatic heterocycles. The molecule has 0 aromatic carbocycles. The van der Waals surface area contributed by atoms with Crippen molar-refractivity contribution in [3.05, 3.63) is 0 Å². The standard InChI is InChI=1S/C11H24O5/c1-7(12)3-9(14)5-11(16)6-10(15)4-8(2)13/h7-16H,3-6H2,1-2H3/t7-,8-,9-,10+,11+/m1/s1. The summed E-state index contributed by atoms with van der Waals surface area (Å²) in [5.41, 5.74) is 0. The smallest absolute Gasteiger partial charge is 0.0589 e. The Labute approximate surface area is 96.4 Å². The van der Waals surface area contributed by atoms with Gasteiger partial charge in [-0.3, -0.25) is 0 Å². The second-order valence-corrected chi connectivity index (χ2v) is 4.60. The topological polar surface area (TPSA) is 101 Å². The number of hydrogen-bond donors (Lipinski definition) is 5. The SMILES string of the molecule is C[C@@H](O)C[C@H](O)C[C@@H](O)C[C@H](O)C[C@@H](C)O. The van der Waals surface area contributed by atoms with Crippen molar-refractivity contribution >= 4 is 0 Å². The Bertz CT molecular complexity index is 154. The first-order valence-corrected chi connectivity index (χ1v) is 5.71. The van der Waals surface area contributed by atoms with Crippen LogP contribution < -0.4 is 0 Å². The van der Waals surface area contributed by atoms with Gasteiger partial charge >= 0.3 is 0 Å². The van der Waals surface area contributed by atoms with Gasteiger partial charge in [0.15, 0.2) is 0 Å². The summed E-state index contributed by atoms with van der Waals surface area (Å²) in [6.07, 6.45) is -2.89. The van der Waals surface area contributed by atoms with Crippen LogP contribution in [0.25, 0.3) is 0 Å². The van der Waals surface area contributed by atoms with Crippen LogP contribution in [0, 0.1) is 0 Å². The van der Waals surface area contributed by atoms with Gasteiger partial charge in [-0.05, 0) is 39.5 Å². The van der Waals surface area contributed by atoms with E-state index in [1.54, 1.807) is 13.8 Å². The normalized spacial score (nSPS) is 21.2. The first-order chi connectivity index (χ1) is 7.31. The molecular formula is C11H24O5. The quantitative estimate of drug-likeness (QED) is 0.387. The summed E-state index contributed by atoms with van der Waals surface area (Å²) in [7, 11) is 0. The van der Waals surface area contributed by atoms with Crippen LogP contribution >= 0.6 is 0 Å². The molecule has 5 atom stereocenters. The average molecular weight is 236 g/mol. The third kappa shape index (κ3) is 9.06. The minimum Gasteiger partial charge on any atom is -0.393 e. The monoisotopic (exact) mass is 236 g/mol. The summed E-state index contributed by atoms with van der Waals surface area (Å²) >= 11 is 0. The average Bonchev–Trinajstić information content (AvgIpc) is 1.97. The van der Waals surface area contributed by atoms with Crippen LogP contribution in [0.2, 0.25) is 0 Å². The van der Waals surface area contributed by atoms with Gasteiger partial charge in [0, 0.05) is 0 Å². The van der Waals surface area contributed by atoms with Crippen LogP contribution in [0.1, 0.15) is 39.5 Å². The van der Waals surface area contributed by atoms with Crippen molar-refractivity contribution in [1.82, 2.24) is 0 Å². The van der Waals surface area contributed by atoms with Crippen LogP contribution in [0.3, 0.4) is 0 Å². The van der Waals surface area contributed by atoms with Crippen molar-refractivity contribution < 1.29 is 25.5 Å². The Morgan fingerprint density at radius 3 is 1.06 bits per heavy atom. The van der Waals surface area contributed by atoms with Gasteiger partial charge in [0.25, 0.3) is 0 Å². The third-order valence-electron chi connectivity index (χ3n) is 2.31. The molecule has 5 nitrogen and oxygen atoms in total. The van der Waals surface area contributed by atoms with Crippen LogP contribution in [0.4, 0.5) is 0 Å². The molecule has 0 saturated carbocycles. The van der Waals surface area contributed by atoms with Gasteiger partial charge < -0.3 is 25.5 Å². The van der Waals surface area contributed by atoms with Gasteiger partial charge in [-0.15, -0.1) is 0 Å². The molecule has 0 radical (unpaired) electrons. The van der Waals surface area contributed by atoms with Crippen LogP contribution in [-0.2, 0) is 0 Å². The van der Waals surface area contributed by atoms with Gasteiger partial charge in [0.2, 0.25) is 0 Å². The highest BCUT2D eigenvalue weighted by Gasteiger charge is 2.18. The van der Waals surface area contributed by atoms with E-state index in [9.17, 15) is 15.3 Å². The zero-order chi connectivity index (χ0) is 12.7. The highest BCUT2D eigenvalue weighted by atomic mass is 16.3. The molecule has 0 aliphatic rings. The molecule has 5 heteroatoms. The molecule has 0 unspecified atom stereocenters. The summed E-state index contributed by atoms with van der Waals surface area (Å²) in [4.78, 5) is 0. The first kappa shape index (κ1) is 15.8. The lowest BCUT2D eigenvalue weighted by Crippen LogP contribution is -2.26. The molecule has 16 heavy (non-hydrogen) atoms. The molecule has 0 bridgehead atoms. The number of hydrogen-bond acceptors (Lipinski definition) is 5. The fourth-order valence-corrected chi connectivity index (χ4v) is 1.70. The zero-order valence-corrected chi connectivity index (χ0v) is 9.95. The predicted molar refractivity (Wildman–Crippen MR) is 59.9 cm³/mol. The van der Waals surface area contributed by atoms with Gasteiger partial charge in [-0.25, -0.2) is 0 Å². The van der Waals surface area contributed by atoms with Gasteiger partial charge in [0.1, 0.15) is 0 Å². The Morgan fingerprint density at radius 1 is 0.562 bits per heavy atom. The summed E-state index contributed by atoms with van der Waals surface area (Å²) in [6, 6.07) is 0. The first-order valence-electron chi connectivity index (χ1n) is 5.71. The molecular weight excluding hydrogens is 212 g/mol. The molecule has 98 valence electrons. The number of aliphatic hydroxyl groups excluding tert-OH is 5. The molecule has 5 N–H and O–H groups in total. The van der Waals surface area contributed by atoms with Gasteiger partial charge in [-0.1, -0.05) is 0 Å². The van der Waals surface area contributed by atoms with E-state index >= 15 is 0 Å². The molecule has 0 spiro atoms. The van der Waals surface area contributed by atoms with Crippen molar-refractivity contribution in [3.63, 3.8) is 0 Å². The summed E-state index contributed by atoms with van der Waals surface area (Å²) in [6.45, 7) is 3.13. The lowest BCUT2D eigenvalue weighted by molar-refractivity contribution is 0.0108. The van der Waals surface area contributed by atoms with E-state index in [1.165, 1.54) is 0 Å². The van der Waals surface area contributed by atoms with Crippen LogP contribution in [0.5, 0.6) is 0 Å². The van der Waals surface area contributed by atoms with E-state index in [-0.39, 0.29) is 25.7 Å². The van der Waals surface area contributed by atoms with Crippen molar-refractivity contribution in [2.24, 2.45) is 0 Å². The minimum atomic E-state index is -0.817.